The van der Waals surface area contributed by atoms with Crippen molar-refractivity contribution in [1.82, 2.24) is 5.32 Å². The number of halogens is 1. The first kappa shape index (κ1) is 18.2. The minimum absolute atomic E-state index is 0.0286. The second-order valence-corrected chi connectivity index (χ2v) is 7.28. The number of nitro benzene ring substituents is 1. The normalized spacial score (nSPS) is 15.7. The maximum Gasteiger partial charge on any atom is 0.274 e. The van der Waals surface area contributed by atoms with Gasteiger partial charge in [-0.25, -0.2) is 0 Å². The highest BCUT2D eigenvalue weighted by atomic mass is 35.5. The Morgan fingerprint density at radius 2 is 2.08 bits per heavy atom. The molecule has 26 heavy (non-hydrogen) atoms. The molecule has 1 atom stereocenters. The molecule has 1 aliphatic heterocycles. The van der Waals surface area contributed by atoms with E-state index in [1.54, 1.807) is 36.4 Å². The molecular weight excluding hydrogens is 378 g/mol. The summed E-state index contributed by atoms with van der Waals surface area (Å²) in [4.78, 5) is 35.7. The number of nitrogens with zero attached hydrogens (tertiary/aromatic N) is 1. The Morgan fingerprint density at radius 1 is 1.31 bits per heavy atom. The van der Waals surface area contributed by atoms with Crippen LogP contribution in [0.5, 0.6) is 0 Å². The molecule has 7 nitrogen and oxygen atoms in total. The number of nitro groups is 1. The van der Waals surface area contributed by atoms with E-state index in [-0.39, 0.29) is 30.5 Å². The number of thioether (sulfide) groups is 1. The van der Waals surface area contributed by atoms with Crippen LogP contribution in [-0.4, -0.2) is 22.0 Å². The smallest absolute Gasteiger partial charge is 0.274 e. The zero-order valence-electron chi connectivity index (χ0n) is 13.4. The van der Waals surface area contributed by atoms with Gasteiger partial charge < -0.3 is 10.6 Å². The first-order chi connectivity index (χ1) is 12.4. The van der Waals surface area contributed by atoms with E-state index in [9.17, 15) is 19.7 Å². The fourth-order valence-corrected chi connectivity index (χ4v) is 3.79. The number of hydrogen-bond acceptors (Lipinski definition) is 5. The molecule has 0 aliphatic carbocycles. The van der Waals surface area contributed by atoms with Gasteiger partial charge in [0, 0.05) is 34.5 Å². The number of carbonyl (C=O) groups is 2. The maximum absolute atomic E-state index is 12.2. The van der Waals surface area contributed by atoms with E-state index < -0.39 is 10.2 Å². The second kappa shape index (κ2) is 7.76. The van der Waals surface area contributed by atoms with E-state index in [1.807, 2.05) is 0 Å². The minimum Gasteiger partial charge on any atom is -0.352 e. The van der Waals surface area contributed by atoms with Crippen LogP contribution in [0.2, 0.25) is 5.02 Å². The molecule has 0 saturated heterocycles. The zero-order chi connectivity index (χ0) is 18.7. The molecule has 3 rings (SSSR count). The molecule has 9 heteroatoms. The molecule has 2 aromatic rings. The van der Waals surface area contributed by atoms with Crippen molar-refractivity contribution >= 4 is 46.6 Å². The Bertz CT molecular complexity index is 890. The van der Waals surface area contributed by atoms with Gasteiger partial charge in [-0.15, -0.1) is 11.8 Å². The zero-order valence-corrected chi connectivity index (χ0v) is 15.0. The van der Waals surface area contributed by atoms with E-state index in [2.05, 4.69) is 10.6 Å². The molecule has 134 valence electrons. The van der Waals surface area contributed by atoms with Crippen LogP contribution < -0.4 is 10.6 Å². The molecule has 1 heterocycles. The standard InChI is InChI=1S/C17H14ClN3O4S/c18-11-5-6-14-12(7-11)20-17(23)15(26-14)8-16(22)19-9-10-3-1-2-4-13(10)21(24)25/h1-7,15H,8-9H2,(H,19,22)(H,20,23). The number of anilines is 1. The van der Waals surface area contributed by atoms with Gasteiger partial charge in [-0.2, -0.15) is 0 Å². The lowest BCUT2D eigenvalue weighted by Crippen LogP contribution is -2.34. The average Bonchev–Trinajstić information content (AvgIpc) is 2.61. The van der Waals surface area contributed by atoms with Crippen LogP contribution in [0.25, 0.3) is 0 Å². The summed E-state index contributed by atoms with van der Waals surface area (Å²) >= 11 is 7.20. The topological polar surface area (TPSA) is 101 Å². The van der Waals surface area contributed by atoms with Crippen molar-refractivity contribution < 1.29 is 14.5 Å². The fraction of sp³-hybridized carbons (Fsp3) is 0.176. The van der Waals surface area contributed by atoms with Gasteiger partial charge >= 0.3 is 0 Å². The lowest BCUT2D eigenvalue weighted by molar-refractivity contribution is -0.385. The van der Waals surface area contributed by atoms with Crippen molar-refractivity contribution in [3.8, 4) is 0 Å². The molecular formula is C17H14ClN3O4S. The van der Waals surface area contributed by atoms with Crippen molar-refractivity contribution in [2.24, 2.45) is 0 Å². The van der Waals surface area contributed by atoms with Crippen LogP contribution in [0, 0.1) is 10.1 Å². The predicted molar refractivity (Wildman–Crippen MR) is 99.3 cm³/mol. The number of para-hydroxylation sites is 1. The van der Waals surface area contributed by atoms with Gasteiger partial charge in [-0.1, -0.05) is 29.8 Å². The van der Waals surface area contributed by atoms with E-state index in [0.717, 1.165) is 4.90 Å². The summed E-state index contributed by atoms with van der Waals surface area (Å²) in [5.41, 5.74) is 0.985. The third-order valence-electron chi connectivity index (χ3n) is 3.80. The van der Waals surface area contributed by atoms with Crippen LogP contribution in [0.3, 0.4) is 0 Å². The number of fused-ring (bicyclic) bond motifs is 1. The SMILES string of the molecule is O=C(CC1Sc2ccc(Cl)cc2NC1=O)NCc1ccccc1[N+](=O)[O-]. The van der Waals surface area contributed by atoms with Gasteiger partial charge in [0.05, 0.1) is 15.9 Å². The number of hydrogen-bond donors (Lipinski definition) is 2. The molecule has 0 spiro atoms. The summed E-state index contributed by atoms with van der Waals surface area (Å²) in [5, 5.41) is 16.3. The Balaban J connectivity index is 1.61. The van der Waals surface area contributed by atoms with Crippen molar-refractivity contribution in [3.05, 3.63) is 63.2 Å². The second-order valence-electron chi connectivity index (χ2n) is 5.60. The van der Waals surface area contributed by atoms with Crippen LogP contribution in [0.15, 0.2) is 47.4 Å². The van der Waals surface area contributed by atoms with Gasteiger partial charge in [-0.3, -0.25) is 19.7 Å². The molecule has 0 fully saturated rings. The summed E-state index contributed by atoms with van der Waals surface area (Å²) in [6.45, 7) is 0.0290. The fourth-order valence-electron chi connectivity index (χ4n) is 2.53. The number of amides is 2. The molecule has 0 bridgehead atoms. The first-order valence-corrected chi connectivity index (χ1v) is 8.96. The molecule has 2 aromatic carbocycles. The molecule has 0 radical (unpaired) electrons. The van der Waals surface area contributed by atoms with Crippen LogP contribution in [0.4, 0.5) is 11.4 Å². The van der Waals surface area contributed by atoms with Gasteiger partial charge in [0.2, 0.25) is 11.8 Å². The Labute approximate surface area is 158 Å². The summed E-state index contributed by atoms with van der Waals surface area (Å²) in [5.74, 6) is -0.626. The summed E-state index contributed by atoms with van der Waals surface area (Å²) < 4.78 is 0. The first-order valence-electron chi connectivity index (χ1n) is 7.70. The van der Waals surface area contributed by atoms with Crippen molar-refractivity contribution in [2.45, 2.75) is 23.1 Å². The van der Waals surface area contributed by atoms with E-state index in [0.29, 0.717) is 16.3 Å². The number of rotatable bonds is 5. The summed E-state index contributed by atoms with van der Waals surface area (Å²) in [6, 6.07) is 11.4. The largest absolute Gasteiger partial charge is 0.352 e. The summed E-state index contributed by atoms with van der Waals surface area (Å²) in [6.07, 6.45) is -0.0286. The molecule has 0 saturated carbocycles. The molecule has 1 aliphatic rings. The van der Waals surface area contributed by atoms with Gasteiger partial charge in [0.15, 0.2) is 0 Å². The third-order valence-corrected chi connectivity index (χ3v) is 5.31. The van der Waals surface area contributed by atoms with Crippen molar-refractivity contribution in [3.63, 3.8) is 0 Å². The minimum atomic E-state index is -0.575. The highest BCUT2D eigenvalue weighted by molar-refractivity contribution is 8.01. The maximum atomic E-state index is 12.2. The van der Waals surface area contributed by atoms with E-state index >= 15 is 0 Å². The lowest BCUT2D eigenvalue weighted by atomic mass is 10.1. The van der Waals surface area contributed by atoms with Gasteiger partial charge in [0.1, 0.15) is 0 Å². The number of benzene rings is 2. The average molecular weight is 392 g/mol. The van der Waals surface area contributed by atoms with Gasteiger partial charge in [-0.05, 0) is 18.2 Å². The van der Waals surface area contributed by atoms with Crippen LogP contribution in [-0.2, 0) is 16.1 Å². The highest BCUT2D eigenvalue weighted by Crippen LogP contribution is 2.38. The Morgan fingerprint density at radius 3 is 2.85 bits per heavy atom. The van der Waals surface area contributed by atoms with Crippen LogP contribution >= 0.6 is 23.4 Å². The van der Waals surface area contributed by atoms with Crippen molar-refractivity contribution in [2.75, 3.05) is 5.32 Å². The van der Waals surface area contributed by atoms with E-state index in [1.165, 1.54) is 17.8 Å². The quantitative estimate of drug-likeness (QED) is 0.601. The highest BCUT2D eigenvalue weighted by Gasteiger charge is 2.29. The molecule has 1 unspecified atom stereocenters. The number of carbonyl (C=O) groups excluding carboxylic acids is 2. The monoisotopic (exact) mass is 391 g/mol. The third kappa shape index (κ3) is 4.14. The predicted octanol–water partition coefficient (Wildman–Crippen LogP) is 3.37. The molecule has 2 amide bonds. The van der Waals surface area contributed by atoms with Crippen molar-refractivity contribution in [1.29, 1.82) is 0 Å². The van der Waals surface area contributed by atoms with Gasteiger partial charge in [0.25, 0.3) is 5.69 Å². The Hall–Kier alpha value is -2.58. The lowest BCUT2D eigenvalue weighted by Gasteiger charge is -2.23. The van der Waals surface area contributed by atoms with E-state index in [4.69, 9.17) is 11.6 Å². The summed E-state index contributed by atoms with van der Waals surface area (Å²) in [7, 11) is 0. The van der Waals surface area contributed by atoms with Crippen LogP contribution in [0.1, 0.15) is 12.0 Å². The number of nitrogens with one attached hydrogen (secondary N) is 2. The molecule has 2 N–H and O–H groups in total. The molecule has 0 aromatic heterocycles. The Kier molecular flexibility index (Phi) is 5.43.